The molecule has 0 saturated heterocycles. The molecule has 0 aliphatic rings. The first-order chi connectivity index (χ1) is 9.20. The maximum absolute atomic E-state index is 13.2. The van der Waals surface area contributed by atoms with Crippen LogP contribution in [0.1, 0.15) is 13.3 Å². The van der Waals surface area contributed by atoms with Crippen LogP contribution in [-0.4, -0.2) is 18.6 Å². The summed E-state index contributed by atoms with van der Waals surface area (Å²) in [6.45, 7) is 3.00. The molecule has 1 aromatic carbocycles. The Morgan fingerprint density at radius 3 is 2.74 bits per heavy atom. The first-order valence-electron chi connectivity index (χ1n) is 6.40. The molecule has 1 heterocycles. The van der Waals surface area contributed by atoms with Gasteiger partial charge in [-0.3, -0.25) is 0 Å². The molecule has 0 amide bonds. The van der Waals surface area contributed by atoms with Crippen LogP contribution in [0, 0.1) is 5.82 Å². The quantitative estimate of drug-likeness (QED) is 0.885. The fourth-order valence-corrected chi connectivity index (χ4v) is 1.81. The summed E-state index contributed by atoms with van der Waals surface area (Å²) < 4.78 is 13.2. The van der Waals surface area contributed by atoms with Crippen LogP contribution in [-0.2, 0) is 0 Å². The van der Waals surface area contributed by atoms with Crippen molar-refractivity contribution < 1.29 is 4.39 Å². The minimum absolute atomic E-state index is 0.234. The SMILES string of the molecule is CCCNc1cc(N(C)c2cccc(F)c2)ccn1. The lowest BCUT2D eigenvalue weighted by molar-refractivity contribution is 0.628. The normalized spacial score (nSPS) is 10.3. The zero-order valence-electron chi connectivity index (χ0n) is 11.2. The second-order valence-corrected chi connectivity index (χ2v) is 4.36. The molecule has 0 spiro atoms. The molecular weight excluding hydrogens is 241 g/mol. The van der Waals surface area contributed by atoms with Crippen molar-refractivity contribution in [3.63, 3.8) is 0 Å². The standard InChI is InChI=1S/C15H18FN3/c1-3-8-17-15-11-14(7-9-18-15)19(2)13-6-4-5-12(16)10-13/h4-7,9-11H,3,8H2,1-2H3,(H,17,18). The molecule has 0 bridgehead atoms. The summed E-state index contributed by atoms with van der Waals surface area (Å²) in [5.74, 6) is 0.602. The third-order valence-corrected chi connectivity index (χ3v) is 2.88. The monoisotopic (exact) mass is 259 g/mol. The molecule has 2 rings (SSSR count). The van der Waals surface area contributed by atoms with Crippen LogP contribution in [0.2, 0.25) is 0 Å². The topological polar surface area (TPSA) is 28.2 Å². The third-order valence-electron chi connectivity index (χ3n) is 2.88. The van der Waals surface area contributed by atoms with Crippen molar-refractivity contribution in [1.82, 2.24) is 4.98 Å². The Hall–Kier alpha value is -2.10. The number of aromatic nitrogens is 1. The van der Waals surface area contributed by atoms with Crippen molar-refractivity contribution in [2.45, 2.75) is 13.3 Å². The number of nitrogens with zero attached hydrogens (tertiary/aromatic N) is 2. The molecule has 1 N–H and O–H groups in total. The van der Waals surface area contributed by atoms with Crippen molar-refractivity contribution in [1.29, 1.82) is 0 Å². The molecule has 0 unspecified atom stereocenters. The first kappa shape index (κ1) is 13.3. The van der Waals surface area contributed by atoms with Crippen molar-refractivity contribution in [2.75, 3.05) is 23.8 Å². The zero-order chi connectivity index (χ0) is 13.7. The Morgan fingerprint density at radius 2 is 2.00 bits per heavy atom. The van der Waals surface area contributed by atoms with E-state index in [1.54, 1.807) is 12.3 Å². The van der Waals surface area contributed by atoms with Crippen LogP contribution in [0.25, 0.3) is 0 Å². The van der Waals surface area contributed by atoms with Gasteiger partial charge < -0.3 is 10.2 Å². The minimum atomic E-state index is -0.234. The number of benzene rings is 1. The van der Waals surface area contributed by atoms with Crippen LogP contribution >= 0.6 is 0 Å². The van der Waals surface area contributed by atoms with Crippen LogP contribution < -0.4 is 10.2 Å². The van der Waals surface area contributed by atoms with Gasteiger partial charge in [0.2, 0.25) is 0 Å². The maximum Gasteiger partial charge on any atom is 0.127 e. The van der Waals surface area contributed by atoms with E-state index in [9.17, 15) is 4.39 Å². The smallest absolute Gasteiger partial charge is 0.127 e. The highest BCUT2D eigenvalue weighted by atomic mass is 19.1. The largest absolute Gasteiger partial charge is 0.370 e. The fourth-order valence-electron chi connectivity index (χ4n) is 1.81. The summed E-state index contributed by atoms with van der Waals surface area (Å²) in [6, 6.07) is 10.4. The van der Waals surface area contributed by atoms with Gasteiger partial charge in [0.15, 0.2) is 0 Å². The molecule has 0 aliphatic heterocycles. The van der Waals surface area contributed by atoms with Crippen molar-refractivity contribution in [2.24, 2.45) is 0 Å². The van der Waals surface area contributed by atoms with E-state index >= 15 is 0 Å². The molecule has 0 aliphatic carbocycles. The Balaban J connectivity index is 2.21. The predicted octanol–water partition coefficient (Wildman–Crippen LogP) is 3.81. The minimum Gasteiger partial charge on any atom is -0.370 e. The number of anilines is 3. The average molecular weight is 259 g/mol. The summed E-state index contributed by atoms with van der Waals surface area (Å²) >= 11 is 0. The Morgan fingerprint density at radius 1 is 1.21 bits per heavy atom. The summed E-state index contributed by atoms with van der Waals surface area (Å²) in [5, 5.41) is 3.24. The van der Waals surface area contributed by atoms with E-state index in [0.717, 1.165) is 30.2 Å². The van der Waals surface area contributed by atoms with E-state index in [2.05, 4.69) is 17.2 Å². The predicted molar refractivity (Wildman–Crippen MR) is 77.5 cm³/mol. The van der Waals surface area contributed by atoms with Gasteiger partial charge in [-0.25, -0.2) is 9.37 Å². The van der Waals surface area contributed by atoms with Crippen LogP contribution in [0.4, 0.5) is 21.6 Å². The third kappa shape index (κ3) is 3.44. The number of hydrogen-bond acceptors (Lipinski definition) is 3. The average Bonchev–Trinajstić information content (AvgIpc) is 2.44. The second kappa shape index (κ2) is 6.18. The number of rotatable bonds is 5. The first-order valence-corrected chi connectivity index (χ1v) is 6.40. The van der Waals surface area contributed by atoms with E-state index in [0.29, 0.717) is 0 Å². The van der Waals surface area contributed by atoms with Crippen molar-refractivity contribution in [3.05, 3.63) is 48.4 Å². The number of nitrogens with one attached hydrogen (secondary N) is 1. The highest BCUT2D eigenvalue weighted by Crippen LogP contribution is 2.25. The van der Waals surface area contributed by atoms with Crippen LogP contribution in [0.5, 0.6) is 0 Å². The highest BCUT2D eigenvalue weighted by molar-refractivity contribution is 5.64. The van der Waals surface area contributed by atoms with Crippen molar-refractivity contribution >= 4 is 17.2 Å². The van der Waals surface area contributed by atoms with Crippen LogP contribution in [0.3, 0.4) is 0 Å². The Labute approximate surface area is 113 Å². The fraction of sp³-hybridized carbons (Fsp3) is 0.267. The lowest BCUT2D eigenvalue weighted by Gasteiger charge is -2.20. The molecule has 19 heavy (non-hydrogen) atoms. The Kier molecular flexibility index (Phi) is 4.34. The summed E-state index contributed by atoms with van der Waals surface area (Å²) in [6.07, 6.45) is 2.80. The summed E-state index contributed by atoms with van der Waals surface area (Å²) in [5.41, 5.74) is 1.78. The zero-order valence-corrected chi connectivity index (χ0v) is 11.2. The van der Waals surface area contributed by atoms with Gasteiger partial charge in [-0.1, -0.05) is 13.0 Å². The molecule has 1 aromatic heterocycles. The van der Waals surface area contributed by atoms with E-state index in [1.165, 1.54) is 12.1 Å². The van der Waals surface area contributed by atoms with Crippen molar-refractivity contribution in [3.8, 4) is 0 Å². The molecule has 0 atom stereocenters. The molecule has 100 valence electrons. The number of hydrogen-bond donors (Lipinski definition) is 1. The molecule has 0 fully saturated rings. The molecule has 4 heteroatoms. The van der Waals surface area contributed by atoms with E-state index in [1.807, 2.05) is 30.1 Å². The lowest BCUT2D eigenvalue weighted by Crippen LogP contribution is -2.10. The van der Waals surface area contributed by atoms with Gasteiger partial charge in [-0.2, -0.15) is 0 Å². The summed E-state index contributed by atoms with van der Waals surface area (Å²) in [4.78, 5) is 6.19. The van der Waals surface area contributed by atoms with Gasteiger partial charge >= 0.3 is 0 Å². The summed E-state index contributed by atoms with van der Waals surface area (Å²) in [7, 11) is 1.91. The van der Waals surface area contributed by atoms with E-state index < -0.39 is 0 Å². The lowest BCUT2D eigenvalue weighted by atomic mass is 10.2. The van der Waals surface area contributed by atoms with Gasteiger partial charge in [0.05, 0.1) is 0 Å². The van der Waals surface area contributed by atoms with Gasteiger partial charge in [-0.05, 0) is 30.7 Å². The van der Waals surface area contributed by atoms with Gasteiger partial charge in [0, 0.05) is 37.2 Å². The maximum atomic E-state index is 13.2. The number of halogens is 1. The van der Waals surface area contributed by atoms with Gasteiger partial charge in [-0.15, -0.1) is 0 Å². The molecular formula is C15H18FN3. The van der Waals surface area contributed by atoms with Crippen LogP contribution in [0.15, 0.2) is 42.6 Å². The number of pyridine rings is 1. The van der Waals surface area contributed by atoms with Gasteiger partial charge in [0.25, 0.3) is 0 Å². The second-order valence-electron chi connectivity index (χ2n) is 4.36. The van der Waals surface area contributed by atoms with E-state index in [4.69, 9.17) is 0 Å². The molecule has 3 nitrogen and oxygen atoms in total. The highest BCUT2D eigenvalue weighted by Gasteiger charge is 2.06. The Bertz CT molecular complexity index is 542. The molecule has 0 saturated carbocycles. The molecule has 0 radical (unpaired) electrons. The molecule has 2 aromatic rings. The van der Waals surface area contributed by atoms with Gasteiger partial charge in [0.1, 0.15) is 11.6 Å². The van der Waals surface area contributed by atoms with E-state index in [-0.39, 0.29) is 5.82 Å².